The summed E-state index contributed by atoms with van der Waals surface area (Å²) < 4.78 is 0. The monoisotopic (exact) mass is 660 g/mol. The fourth-order valence-electron chi connectivity index (χ4n) is 5.65. The molecule has 0 fully saturated rings. The molecule has 0 aliphatic carbocycles. The lowest BCUT2D eigenvalue weighted by molar-refractivity contribution is -0.129. The first-order valence-electron chi connectivity index (χ1n) is 14.7. The van der Waals surface area contributed by atoms with Crippen molar-refractivity contribution in [2.45, 2.75) is 30.0 Å². The van der Waals surface area contributed by atoms with E-state index < -0.39 is 17.1 Å². The van der Waals surface area contributed by atoms with E-state index in [0.29, 0.717) is 51.4 Å². The van der Waals surface area contributed by atoms with Gasteiger partial charge < -0.3 is 20.6 Å². The maximum Gasteiger partial charge on any atom is 0.336 e. The normalized spacial score (nSPS) is 12.9. The van der Waals surface area contributed by atoms with E-state index >= 15 is 0 Å². The molecule has 1 unspecified atom stereocenters. The molecule has 2 heterocycles. The van der Waals surface area contributed by atoms with E-state index in [1.54, 1.807) is 53.4 Å². The second-order valence-corrected chi connectivity index (χ2v) is 13.2. The van der Waals surface area contributed by atoms with Crippen molar-refractivity contribution in [3.8, 4) is 6.07 Å². The molecule has 1 aromatic heterocycles. The lowest BCUT2D eigenvalue weighted by Gasteiger charge is -2.25. The van der Waals surface area contributed by atoms with Crippen LogP contribution in [0.4, 0.5) is 10.7 Å². The molecule has 1 aliphatic rings. The van der Waals surface area contributed by atoms with Gasteiger partial charge in [-0.3, -0.25) is 14.4 Å². The Bertz CT molecular complexity index is 2080. The molecule has 0 bridgehead atoms. The Morgan fingerprint density at radius 3 is 2.36 bits per heavy atom. The molecule has 11 heteroatoms. The molecule has 4 aromatic carbocycles. The van der Waals surface area contributed by atoms with Crippen LogP contribution in [0.15, 0.2) is 95.9 Å². The summed E-state index contributed by atoms with van der Waals surface area (Å²) >= 11 is 2.62. The molecule has 0 saturated carbocycles. The van der Waals surface area contributed by atoms with Gasteiger partial charge in [0.1, 0.15) is 16.3 Å². The Morgan fingerprint density at radius 1 is 0.936 bits per heavy atom. The van der Waals surface area contributed by atoms with Gasteiger partial charge in [0.15, 0.2) is 0 Å². The standard InChI is InChI=1S/C36H28N4O5S2/c1-21(41)40-17-16-26-29(19-37)35(47-30(26)20-40)39-34(43)32(23-8-3-2-4-9-23)46-25-13-7-12-24(18-25)38-33(42)27-14-5-10-22-11-6-15-28(31(22)27)36(44)45/h2-15,18,32H,16-17,20H2,1H3,(H,38,42)(H,39,43)(H,44,45). The number of aromatic carboxylic acids is 1. The zero-order valence-electron chi connectivity index (χ0n) is 25.2. The van der Waals surface area contributed by atoms with Gasteiger partial charge in [0, 0.05) is 39.9 Å². The number of amides is 3. The molecule has 9 nitrogen and oxygen atoms in total. The number of carbonyl (C=O) groups is 4. The SMILES string of the molecule is CC(=O)N1CCc2c(sc(NC(=O)C(Sc3cccc(NC(=O)c4cccc5cccc(C(=O)O)c45)c3)c3ccccc3)c2C#N)C1. The first-order valence-corrected chi connectivity index (χ1v) is 16.4. The number of hydrogen-bond donors (Lipinski definition) is 3. The van der Waals surface area contributed by atoms with Crippen molar-refractivity contribution >= 4 is 68.3 Å². The van der Waals surface area contributed by atoms with Crippen molar-refractivity contribution in [2.75, 3.05) is 17.2 Å². The maximum atomic E-state index is 13.9. The Hall–Kier alpha value is -5.44. The lowest BCUT2D eigenvalue weighted by Crippen LogP contribution is -2.33. The van der Waals surface area contributed by atoms with Crippen molar-refractivity contribution < 1.29 is 24.3 Å². The topological polar surface area (TPSA) is 140 Å². The summed E-state index contributed by atoms with van der Waals surface area (Å²) in [6.45, 7) is 2.46. The zero-order valence-corrected chi connectivity index (χ0v) is 26.8. The highest BCUT2D eigenvalue weighted by molar-refractivity contribution is 8.00. The zero-order chi connectivity index (χ0) is 33.1. The molecule has 1 atom stereocenters. The molecule has 0 radical (unpaired) electrons. The number of carboxylic acids is 1. The van der Waals surface area contributed by atoms with E-state index in [9.17, 15) is 29.5 Å². The first-order chi connectivity index (χ1) is 22.7. The fraction of sp³-hybridized carbons (Fsp3) is 0.139. The fourth-order valence-corrected chi connectivity index (χ4v) is 7.95. The number of benzene rings is 4. The summed E-state index contributed by atoms with van der Waals surface area (Å²) in [6, 6.07) is 28.6. The van der Waals surface area contributed by atoms with Crippen LogP contribution in [0.2, 0.25) is 0 Å². The van der Waals surface area contributed by atoms with Gasteiger partial charge in [0.25, 0.3) is 5.91 Å². The molecule has 0 saturated heterocycles. The molecule has 6 rings (SSSR count). The Morgan fingerprint density at radius 2 is 1.66 bits per heavy atom. The van der Waals surface area contributed by atoms with Gasteiger partial charge in [0.05, 0.1) is 17.7 Å². The van der Waals surface area contributed by atoms with Crippen LogP contribution in [-0.4, -0.2) is 40.2 Å². The van der Waals surface area contributed by atoms with Crippen LogP contribution < -0.4 is 10.6 Å². The average molecular weight is 661 g/mol. The Balaban J connectivity index is 1.26. The molecule has 234 valence electrons. The van der Waals surface area contributed by atoms with E-state index in [2.05, 4.69) is 16.7 Å². The molecular weight excluding hydrogens is 633 g/mol. The molecule has 5 aromatic rings. The molecule has 3 amide bonds. The van der Waals surface area contributed by atoms with Crippen LogP contribution >= 0.6 is 23.1 Å². The molecular formula is C36H28N4O5S2. The number of anilines is 2. The van der Waals surface area contributed by atoms with E-state index in [-0.39, 0.29) is 22.9 Å². The highest BCUT2D eigenvalue weighted by Gasteiger charge is 2.29. The largest absolute Gasteiger partial charge is 0.478 e. The number of fused-ring (bicyclic) bond motifs is 2. The van der Waals surface area contributed by atoms with Gasteiger partial charge in [-0.15, -0.1) is 23.1 Å². The summed E-state index contributed by atoms with van der Waals surface area (Å²) in [5, 5.41) is 26.4. The van der Waals surface area contributed by atoms with Crippen LogP contribution in [0, 0.1) is 11.3 Å². The third kappa shape index (κ3) is 6.60. The highest BCUT2D eigenvalue weighted by Crippen LogP contribution is 2.41. The number of nitriles is 1. The second-order valence-electron chi connectivity index (χ2n) is 10.9. The maximum absolute atomic E-state index is 13.9. The summed E-state index contributed by atoms with van der Waals surface area (Å²) in [7, 11) is 0. The second kappa shape index (κ2) is 13.5. The molecule has 3 N–H and O–H groups in total. The Kier molecular flexibility index (Phi) is 9.06. The number of thiophene rings is 1. The van der Waals surface area contributed by atoms with E-state index in [1.165, 1.54) is 36.1 Å². The molecule has 0 spiro atoms. The van der Waals surface area contributed by atoms with Crippen molar-refractivity contribution in [3.05, 3.63) is 124 Å². The molecule has 1 aliphatic heterocycles. The first kappa shape index (κ1) is 31.5. The average Bonchev–Trinajstić information content (AvgIpc) is 3.43. The van der Waals surface area contributed by atoms with Gasteiger partial charge in [-0.05, 0) is 53.3 Å². The summed E-state index contributed by atoms with van der Waals surface area (Å²) in [5.41, 5.74) is 2.81. The molecule has 47 heavy (non-hydrogen) atoms. The van der Waals surface area contributed by atoms with Gasteiger partial charge in [-0.25, -0.2) is 4.79 Å². The minimum atomic E-state index is -1.12. The number of nitrogens with zero attached hydrogens (tertiary/aromatic N) is 2. The Labute approximate surface area is 278 Å². The minimum absolute atomic E-state index is 0.0331. The van der Waals surface area contributed by atoms with Crippen molar-refractivity contribution in [2.24, 2.45) is 0 Å². The number of hydrogen-bond acceptors (Lipinski definition) is 7. The minimum Gasteiger partial charge on any atom is -0.478 e. The van der Waals surface area contributed by atoms with E-state index in [4.69, 9.17) is 0 Å². The number of rotatable bonds is 8. The number of carboxylic acid groups (broad SMARTS) is 1. The van der Waals surface area contributed by atoms with Crippen LogP contribution in [0.3, 0.4) is 0 Å². The number of thioether (sulfide) groups is 1. The summed E-state index contributed by atoms with van der Waals surface area (Å²) in [6.07, 6.45) is 0.552. The smallest absolute Gasteiger partial charge is 0.336 e. The quantitative estimate of drug-likeness (QED) is 0.151. The third-order valence-electron chi connectivity index (χ3n) is 7.92. The predicted molar refractivity (Wildman–Crippen MR) is 183 cm³/mol. The van der Waals surface area contributed by atoms with Crippen LogP contribution in [0.5, 0.6) is 0 Å². The van der Waals surface area contributed by atoms with E-state index in [0.717, 1.165) is 16.0 Å². The third-order valence-corrected chi connectivity index (χ3v) is 10.3. The highest BCUT2D eigenvalue weighted by atomic mass is 32.2. The van der Waals surface area contributed by atoms with E-state index in [1.807, 2.05) is 36.4 Å². The van der Waals surface area contributed by atoms with Gasteiger partial charge in [-0.1, -0.05) is 60.7 Å². The van der Waals surface area contributed by atoms with Gasteiger partial charge in [-0.2, -0.15) is 5.26 Å². The lowest BCUT2D eigenvalue weighted by atomic mass is 9.98. The van der Waals surface area contributed by atoms with Crippen molar-refractivity contribution in [1.82, 2.24) is 4.90 Å². The predicted octanol–water partition coefficient (Wildman–Crippen LogP) is 7.10. The van der Waals surface area contributed by atoms with Crippen molar-refractivity contribution in [3.63, 3.8) is 0 Å². The number of carbonyl (C=O) groups excluding carboxylic acids is 3. The van der Waals surface area contributed by atoms with Gasteiger partial charge >= 0.3 is 5.97 Å². The van der Waals surface area contributed by atoms with Crippen molar-refractivity contribution in [1.29, 1.82) is 5.26 Å². The summed E-state index contributed by atoms with van der Waals surface area (Å²) in [4.78, 5) is 54.6. The van der Waals surface area contributed by atoms with Crippen LogP contribution in [0.1, 0.15) is 54.5 Å². The summed E-state index contributed by atoms with van der Waals surface area (Å²) in [5.74, 6) is -1.93. The number of nitrogens with one attached hydrogen (secondary N) is 2. The van der Waals surface area contributed by atoms with Crippen LogP contribution in [-0.2, 0) is 22.6 Å². The van der Waals surface area contributed by atoms with Gasteiger partial charge in [0.2, 0.25) is 11.8 Å². The van der Waals surface area contributed by atoms with Crippen LogP contribution in [0.25, 0.3) is 10.8 Å².